The number of hydrogen-bond acceptors (Lipinski definition) is 4. The highest BCUT2D eigenvalue weighted by atomic mass is 79.9. The first kappa shape index (κ1) is 8.77. The van der Waals surface area contributed by atoms with E-state index in [2.05, 4.69) is 30.9 Å². The molecule has 0 aliphatic heterocycles. The van der Waals surface area contributed by atoms with Gasteiger partial charge in [0.25, 0.3) is 0 Å². The predicted molar refractivity (Wildman–Crippen MR) is 55.6 cm³/mol. The fraction of sp³-hybridized carbons (Fsp3) is 0.125. The van der Waals surface area contributed by atoms with Crippen molar-refractivity contribution in [2.75, 3.05) is 0 Å². The molecule has 0 fully saturated rings. The third kappa shape index (κ3) is 1.92. The smallest absolute Gasteiger partial charge is 0.127 e. The Morgan fingerprint density at radius 3 is 2.38 bits per heavy atom. The van der Waals surface area contributed by atoms with Crippen molar-refractivity contribution in [3.05, 3.63) is 28.2 Å². The van der Waals surface area contributed by atoms with E-state index in [0.717, 1.165) is 20.2 Å². The van der Waals surface area contributed by atoms with E-state index in [1.54, 1.807) is 29.9 Å². The van der Waals surface area contributed by atoms with Crippen LogP contribution in [0.5, 0.6) is 0 Å². The van der Waals surface area contributed by atoms with Gasteiger partial charge in [0.2, 0.25) is 0 Å². The molecule has 0 saturated carbocycles. The van der Waals surface area contributed by atoms with Crippen molar-refractivity contribution >= 4 is 27.3 Å². The molecule has 0 spiro atoms. The van der Waals surface area contributed by atoms with Gasteiger partial charge >= 0.3 is 0 Å². The second-order valence-electron chi connectivity index (χ2n) is 2.49. The Hall–Kier alpha value is -0.810. The molecule has 0 radical (unpaired) electrons. The molecule has 0 bridgehead atoms. The molecule has 0 aliphatic carbocycles. The largest absolute Gasteiger partial charge is 0.243 e. The van der Waals surface area contributed by atoms with Crippen molar-refractivity contribution in [3.8, 4) is 10.6 Å². The van der Waals surface area contributed by atoms with Crippen LogP contribution in [0.3, 0.4) is 0 Å². The molecular formula is C8H6BrN3S. The highest BCUT2D eigenvalue weighted by Gasteiger charge is 2.03. The lowest BCUT2D eigenvalue weighted by atomic mass is 10.3. The molecule has 2 aromatic heterocycles. The van der Waals surface area contributed by atoms with Crippen molar-refractivity contribution in [3.63, 3.8) is 0 Å². The minimum absolute atomic E-state index is 0.777. The van der Waals surface area contributed by atoms with Crippen LogP contribution in [0.2, 0.25) is 0 Å². The van der Waals surface area contributed by atoms with Crippen LogP contribution in [0, 0.1) is 6.92 Å². The van der Waals surface area contributed by atoms with Crippen molar-refractivity contribution in [2.24, 2.45) is 0 Å². The number of aromatic nitrogens is 3. The van der Waals surface area contributed by atoms with E-state index < -0.39 is 0 Å². The van der Waals surface area contributed by atoms with Crippen LogP contribution in [0.4, 0.5) is 0 Å². The third-order valence-corrected chi connectivity index (χ3v) is 3.03. The lowest BCUT2D eigenvalue weighted by molar-refractivity contribution is 1.05. The zero-order valence-corrected chi connectivity index (χ0v) is 9.26. The maximum Gasteiger partial charge on any atom is 0.127 e. The number of rotatable bonds is 1. The van der Waals surface area contributed by atoms with Crippen molar-refractivity contribution < 1.29 is 0 Å². The molecule has 0 N–H and O–H groups in total. The molecule has 0 aromatic carbocycles. The van der Waals surface area contributed by atoms with Gasteiger partial charge in [0.15, 0.2) is 0 Å². The van der Waals surface area contributed by atoms with Crippen molar-refractivity contribution in [1.29, 1.82) is 0 Å². The maximum atomic E-state index is 4.21. The third-order valence-electron chi connectivity index (χ3n) is 1.51. The molecule has 2 rings (SSSR count). The first-order chi connectivity index (χ1) is 6.25. The fourth-order valence-electron chi connectivity index (χ4n) is 0.891. The van der Waals surface area contributed by atoms with Gasteiger partial charge in [0.1, 0.15) is 10.8 Å². The summed E-state index contributed by atoms with van der Waals surface area (Å²) in [5.74, 6) is 0.777. The van der Waals surface area contributed by atoms with Gasteiger partial charge in [-0.25, -0.2) is 15.0 Å². The van der Waals surface area contributed by atoms with Crippen molar-refractivity contribution in [1.82, 2.24) is 15.0 Å². The summed E-state index contributed by atoms with van der Waals surface area (Å²) >= 11 is 4.93. The summed E-state index contributed by atoms with van der Waals surface area (Å²) in [6, 6.07) is 0. The van der Waals surface area contributed by atoms with Gasteiger partial charge in [-0.05, 0) is 22.9 Å². The van der Waals surface area contributed by atoms with Crippen LogP contribution in [0.15, 0.2) is 22.4 Å². The molecule has 0 aliphatic rings. The Morgan fingerprint density at radius 1 is 1.15 bits per heavy atom. The Morgan fingerprint density at radius 2 is 1.85 bits per heavy atom. The van der Waals surface area contributed by atoms with Crippen LogP contribution in [-0.4, -0.2) is 15.0 Å². The van der Waals surface area contributed by atoms with Gasteiger partial charge in [-0.15, -0.1) is 11.3 Å². The minimum Gasteiger partial charge on any atom is -0.243 e. The average Bonchev–Trinajstić information content (AvgIpc) is 2.53. The Bertz CT molecular complexity index is 410. The van der Waals surface area contributed by atoms with Crippen LogP contribution < -0.4 is 0 Å². The van der Waals surface area contributed by atoms with Gasteiger partial charge in [-0.1, -0.05) is 0 Å². The topological polar surface area (TPSA) is 38.7 Å². The Balaban J connectivity index is 2.41. The zero-order valence-electron chi connectivity index (χ0n) is 6.86. The monoisotopic (exact) mass is 255 g/mol. The molecule has 2 heterocycles. The first-order valence-electron chi connectivity index (χ1n) is 3.66. The number of halogens is 1. The summed E-state index contributed by atoms with van der Waals surface area (Å²) in [4.78, 5) is 12.4. The minimum atomic E-state index is 0.777. The summed E-state index contributed by atoms with van der Waals surface area (Å²) in [5.41, 5.74) is 0.960. The fourth-order valence-corrected chi connectivity index (χ4v) is 2.07. The van der Waals surface area contributed by atoms with Gasteiger partial charge in [0, 0.05) is 18.0 Å². The molecule has 5 heteroatoms. The molecule has 2 aromatic rings. The zero-order chi connectivity index (χ0) is 9.26. The summed E-state index contributed by atoms with van der Waals surface area (Å²) in [6.45, 7) is 1.86. The summed E-state index contributed by atoms with van der Waals surface area (Å²) in [5, 5.41) is 0.937. The predicted octanol–water partition coefficient (Wildman–Crippen LogP) is 2.67. The van der Waals surface area contributed by atoms with E-state index in [1.807, 2.05) is 6.92 Å². The molecule has 66 valence electrons. The second kappa shape index (κ2) is 3.51. The highest BCUT2D eigenvalue weighted by molar-refractivity contribution is 9.11. The number of nitrogens with zero attached hydrogens (tertiary/aromatic N) is 3. The molecule has 0 atom stereocenters. The van der Waals surface area contributed by atoms with E-state index in [1.165, 1.54) is 0 Å². The van der Waals surface area contributed by atoms with Crippen LogP contribution >= 0.6 is 27.3 Å². The Labute approximate surface area is 88.0 Å². The number of aryl methyl sites for hydroxylation is 1. The first-order valence-corrected chi connectivity index (χ1v) is 5.27. The van der Waals surface area contributed by atoms with E-state index >= 15 is 0 Å². The summed E-state index contributed by atoms with van der Waals surface area (Å²) in [6.07, 6.45) is 5.35. The van der Waals surface area contributed by atoms with E-state index in [9.17, 15) is 0 Å². The number of thiazole rings is 1. The van der Waals surface area contributed by atoms with Gasteiger partial charge in [0.05, 0.1) is 9.98 Å². The van der Waals surface area contributed by atoms with Crippen molar-refractivity contribution in [2.45, 2.75) is 6.92 Å². The van der Waals surface area contributed by atoms with Crippen LogP contribution in [0.1, 0.15) is 5.82 Å². The molecular weight excluding hydrogens is 250 g/mol. The molecule has 0 unspecified atom stereocenters. The molecule has 13 heavy (non-hydrogen) atoms. The lowest BCUT2D eigenvalue weighted by Gasteiger charge is -1.94. The molecule has 3 nitrogen and oxygen atoms in total. The molecule has 0 saturated heterocycles. The lowest BCUT2D eigenvalue weighted by Crippen LogP contribution is -1.86. The summed E-state index contributed by atoms with van der Waals surface area (Å²) < 4.78 is 1.02. The SMILES string of the molecule is Cc1ncc(-c2ncc(Br)s2)cn1. The summed E-state index contributed by atoms with van der Waals surface area (Å²) in [7, 11) is 0. The van der Waals surface area contributed by atoms with Crippen LogP contribution in [0.25, 0.3) is 10.6 Å². The van der Waals surface area contributed by atoms with E-state index in [0.29, 0.717) is 0 Å². The van der Waals surface area contributed by atoms with E-state index in [-0.39, 0.29) is 0 Å². The normalized spacial score (nSPS) is 10.3. The van der Waals surface area contributed by atoms with Gasteiger partial charge < -0.3 is 0 Å². The average molecular weight is 256 g/mol. The standard InChI is InChI=1S/C8H6BrN3S/c1-5-10-2-6(3-11-5)8-12-4-7(9)13-8/h2-4H,1H3. The van der Waals surface area contributed by atoms with E-state index in [4.69, 9.17) is 0 Å². The van der Waals surface area contributed by atoms with Gasteiger partial charge in [-0.2, -0.15) is 0 Å². The maximum absolute atomic E-state index is 4.21. The number of hydrogen-bond donors (Lipinski definition) is 0. The Kier molecular flexibility index (Phi) is 2.37. The quantitative estimate of drug-likeness (QED) is 0.787. The second-order valence-corrected chi connectivity index (χ2v) is 4.90. The molecule has 0 amide bonds. The highest BCUT2D eigenvalue weighted by Crippen LogP contribution is 2.27. The van der Waals surface area contributed by atoms with Crippen LogP contribution in [-0.2, 0) is 0 Å². The van der Waals surface area contributed by atoms with Gasteiger partial charge in [-0.3, -0.25) is 0 Å².